The molecular formula is C7H9N3S2. The lowest BCUT2D eigenvalue weighted by Crippen LogP contribution is -2.05. The predicted octanol–water partition coefficient (Wildman–Crippen LogP) is 1.62. The average molecular weight is 199 g/mol. The molecule has 1 unspecified atom stereocenters. The molecule has 1 atom stereocenters. The van der Waals surface area contributed by atoms with Gasteiger partial charge in [-0.05, 0) is 31.0 Å². The number of nitrogens with one attached hydrogen (secondary N) is 1. The fourth-order valence-corrected chi connectivity index (χ4v) is 2.53. The second-order valence-corrected chi connectivity index (χ2v) is 4.72. The summed E-state index contributed by atoms with van der Waals surface area (Å²) in [6.45, 7) is 2.09. The first kappa shape index (κ1) is 8.10. The lowest BCUT2D eigenvalue weighted by molar-refractivity contribution is 0.751. The van der Waals surface area contributed by atoms with Crippen LogP contribution in [0.1, 0.15) is 15.9 Å². The highest BCUT2D eigenvalue weighted by atomic mass is 32.2. The number of hydrogen-bond acceptors (Lipinski definition) is 5. The van der Waals surface area contributed by atoms with E-state index in [4.69, 9.17) is 5.73 Å². The van der Waals surface area contributed by atoms with Crippen molar-refractivity contribution >= 4 is 28.5 Å². The molecule has 0 spiro atoms. The summed E-state index contributed by atoms with van der Waals surface area (Å²) in [6.07, 6.45) is 0.0636. The third-order valence-corrected chi connectivity index (χ3v) is 3.27. The lowest BCUT2D eigenvalue weighted by Gasteiger charge is -2.01. The summed E-state index contributed by atoms with van der Waals surface area (Å²) in [6, 6.07) is 4.18. The molecule has 2 heterocycles. The largest absolute Gasteiger partial charge is 0.377 e. The van der Waals surface area contributed by atoms with Gasteiger partial charge in [0, 0.05) is 9.75 Å². The maximum absolute atomic E-state index is 5.52. The zero-order valence-electron chi connectivity index (χ0n) is 6.57. The van der Waals surface area contributed by atoms with Crippen LogP contribution in [-0.2, 0) is 0 Å². The average Bonchev–Trinajstić information content (AvgIpc) is 2.58. The summed E-state index contributed by atoms with van der Waals surface area (Å²) in [5.41, 5.74) is 5.52. The molecular weight excluding hydrogens is 190 g/mol. The van der Waals surface area contributed by atoms with Crippen molar-refractivity contribution in [2.75, 3.05) is 0 Å². The van der Waals surface area contributed by atoms with Crippen LogP contribution in [0.5, 0.6) is 0 Å². The van der Waals surface area contributed by atoms with Gasteiger partial charge in [-0.2, -0.15) is 0 Å². The molecule has 12 heavy (non-hydrogen) atoms. The molecule has 0 saturated heterocycles. The Labute approximate surface area is 79.2 Å². The molecule has 0 aromatic carbocycles. The van der Waals surface area contributed by atoms with Gasteiger partial charge < -0.3 is 5.73 Å². The van der Waals surface area contributed by atoms with Crippen LogP contribution in [0.4, 0.5) is 0 Å². The van der Waals surface area contributed by atoms with Crippen molar-refractivity contribution in [3.8, 4) is 0 Å². The minimum atomic E-state index is 0.0636. The first-order chi connectivity index (χ1) is 5.75. The number of nitrogens with two attached hydrogens (primary N) is 1. The van der Waals surface area contributed by atoms with Gasteiger partial charge in [-0.3, -0.25) is 0 Å². The van der Waals surface area contributed by atoms with Gasteiger partial charge in [0.15, 0.2) is 5.17 Å². The monoisotopic (exact) mass is 199 g/mol. The van der Waals surface area contributed by atoms with E-state index in [9.17, 15) is 0 Å². The van der Waals surface area contributed by atoms with E-state index in [0.29, 0.717) is 5.17 Å². The fourth-order valence-electron chi connectivity index (χ4n) is 1.02. The summed E-state index contributed by atoms with van der Waals surface area (Å²) in [5, 5.41) is 0.617. The second kappa shape index (κ2) is 3.08. The van der Waals surface area contributed by atoms with Gasteiger partial charge in [0.05, 0.1) is 0 Å². The molecule has 1 aliphatic rings. The highest BCUT2D eigenvalue weighted by Crippen LogP contribution is 2.28. The van der Waals surface area contributed by atoms with Gasteiger partial charge in [-0.1, -0.05) is 0 Å². The van der Waals surface area contributed by atoms with Crippen LogP contribution in [-0.4, -0.2) is 5.17 Å². The summed E-state index contributed by atoms with van der Waals surface area (Å²) in [5.74, 6) is 0. The van der Waals surface area contributed by atoms with Gasteiger partial charge in [-0.25, -0.2) is 9.71 Å². The molecule has 5 heteroatoms. The molecule has 0 bridgehead atoms. The normalized spacial score (nSPS) is 22.8. The molecule has 0 radical (unpaired) electrons. The number of amidine groups is 1. The van der Waals surface area contributed by atoms with E-state index in [1.54, 1.807) is 11.3 Å². The van der Waals surface area contributed by atoms with Crippen LogP contribution in [0.2, 0.25) is 0 Å². The molecule has 3 nitrogen and oxygen atoms in total. The minimum Gasteiger partial charge on any atom is -0.377 e. The third-order valence-electron chi connectivity index (χ3n) is 1.56. The summed E-state index contributed by atoms with van der Waals surface area (Å²) in [4.78, 5) is 6.75. The molecule has 1 aromatic heterocycles. The number of thiophene rings is 1. The van der Waals surface area contributed by atoms with Crippen LogP contribution in [0.15, 0.2) is 17.1 Å². The van der Waals surface area contributed by atoms with E-state index in [2.05, 4.69) is 28.8 Å². The van der Waals surface area contributed by atoms with Crippen molar-refractivity contribution in [2.24, 2.45) is 10.7 Å². The Bertz CT molecular complexity index is 318. The Kier molecular flexibility index (Phi) is 2.08. The van der Waals surface area contributed by atoms with Crippen LogP contribution >= 0.6 is 23.3 Å². The zero-order valence-corrected chi connectivity index (χ0v) is 8.21. The zero-order chi connectivity index (χ0) is 8.55. The standard InChI is InChI=1S/C7H9N3S2/c1-4-2-3-5(11-4)6-9-7(8)12-10-6/h2-3,6,10H,1H3,(H2,8,9). The van der Waals surface area contributed by atoms with Crippen molar-refractivity contribution < 1.29 is 0 Å². The van der Waals surface area contributed by atoms with E-state index in [-0.39, 0.29) is 6.17 Å². The van der Waals surface area contributed by atoms with Crippen LogP contribution in [0, 0.1) is 6.92 Å². The summed E-state index contributed by atoms with van der Waals surface area (Å²) >= 11 is 3.14. The Morgan fingerprint density at radius 2 is 2.42 bits per heavy atom. The molecule has 1 aromatic rings. The minimum absolute atomic E-state index is 0.0636. The van der Waals surface area contributed by atoms with Gasteiger partial charge >= 0.3 is 0 Å². The van der Waals surface area contributed by atoms with E-state index in [1.165, 1.54) is 21.7 Å². The third kappa shape index (κ3) is 1.48. The number of aliphatic imine (C=N–C) groups is 1. The highest BCUT2D eigenvalue weighted by molar-refractivity contribution is 8.12. The van der Waals surface area contributed by atoms with E-state index in [0.717, 1.165) is 0 Å². The predicted molar refractivity (Wildman–Crippen MR) is 54.1 cm³/mol. The topological polar surface area (TPSA) is 50.4 Å². The van der Waals surface area contributed by atoms with Crippen molar-refractivity contribution in [3.05, 3.63) is 21.9 Å². The van der Waals surface area contributed by atoms with Crippen molar-refractivity contribution in [1.82, 2.24) is 4.72 Å². The molecule has 2 rings (SSSR count). The Hall–Kier alpha value is -0.520. The van der Waals surface area contributed by atoms with Gasteiger partial charge in [0.25, 0.3) is 0 Å². The first-order valence-corrected chi connectivity index (χ1v) is 5.21. The van der Waals surface area contributed by atoms with Gasteiger partial charge in [0.2, 0.25) is 0 Å². The quantitative estimate of drug-likeness (QED) is 0.676. The molecule has 0 aliphatic carbocycles. The Balaban J connectivity index is 2.21. The SMILES string of the molecule is Cc1ccc(C2N=C(N)SN2)s1. The molecule has 0 fully saturated rings. The smallest absolute Gasteiger partial charge is 0.171 e. The molecule has 0 amide bonds. The van der Waals surface area contributed by atoms with E-state index in [1.807, 2.05) is 0 Å². The van der Waals surface area contributed by atoms with E-state index < -0.39 is 0 Å². The Morgan fingerprint density at radius 1 is 1.58 bits per heavy atom. The Morgan fingerprint density at radius 3 is 2.92 bits per heavy atom. The van der Waals surface area contributed by atoms with Gasteiger partial charge in [-0.15, -0.1) is 11.3 Å². The summed E-state index contributed by atoms with van der Waals surface area (Å²) in [7, 11) is 0. The molecule has 3 N–H and O–H groups in total. The molecule has 1 aliphatic heterocycles. The maximum Gasteiger partial charge on any atom is 0.171 e. The molecule has 0 saturated carbocycles. The maximum atomic E-state index is 5.52. The van der Waals surface area contributed by atoms with Crippen LogP contribution < -0.4 is 10.5 Å². The highest BCUT2D eigenvalue weighted by Gasteiger charge is 2.18. The number of aryl methyl sites for hydroxylation is 1. The number of rotatable bonds is 1. The van der Waals surface area contributed by atoms with Gasteiger partial charge in [0.1, 0.15) is 6.17 Å². The fraction of sp³-hybridized carbons (Fsp3) is 0.286. The second-order valence-electron chi connectivity index (χ2n) is 2.54. The number of nitrogens with zero attached hydrogens (tertiary/aromatic N) is 1. The van der Waals surface area contributed by atoms with Crippen LogP contribution in [0.3, 0.4) is 0 Å². The van der Waals surface area contributed by atoms with Crippen molar-refractivity contribution in [1.29, 1.82) is 0 Å². The molecule has 64 valence electrons. The first-order valence-electron chi connectivity index (χ1n) is 3.58. The number of hydrogen-bond donors (Lipinski definition) is 2. The van der Waals surface area contributed by atoms with E-state index >= 15 is 0 Å². The van der Waals surface area contributed by atoms with Crippen molar-refractivity contribution in [2.45, 2.75) is 13.1 Å². The van der Waals surface area contributed by atoms with Crippen molar-refractivity contribution in [3.63, 3.8) is 0 Å². The van der Waals surface area contributed by atoms with Crippen LogP contribution in [0.25, 0.3) is 0 Å². The summed E-state index contributed by atoms with van der Waals surface area (Å²) < 4.78 is 3.13. The lowest BCUT2D eigenvalue weighted by atomic mass is 10.4.